The first kappa shape index (κ1) is 22.9. The van der Waals surface area contributed by atoms with E-state index < -0.39 is 0 Å². The van der Waals surface area contributed by atoms with Crippen molar-refractivity contribution in [3.05, 3.63) is 0 Å². The molecule has 1 atom stereocenters. The van der Waals surface area contributed by atoms with Crippen LogP contribution >= 0.6 is 0 Å². The van der Waals surface area contributed by atoms with E-state index in [1.165, 1.54) is 32.1 Å². The van der Waals surface area contributed by atoms with E-state index >= 15 is 0 Å². The van der Waals surface area contributed by atoms with E-state index in [0.717, 1.165) is 19.3 Å². The molecule has 4 nitrogen and oxygen atoms in total. The van der Waals surface area contributed by atoms with Gasteiger partial charge in [0.15, 0.2) is 0 Å². The molecule has 0 aliphatic heterocycles. The number of ether oxygens (including phenoxy) is 2. The Balaban J connectivity index is 3.63. The summed E-state index contributed by atoms with van der Waals surface area (Å²) in [5, 5.41) is 0. The molecule has 0 saturated carbocycles. The quantitative estimate of drug-likeness (QED) is 0.300. The predicted octanol–water partition coefficient (Wildman–Crippen LogP) is 5.29. The van der Waals surface area contributed by atoms with Gasteiger partial charge in [0.2, 0.25) is 0 Å². The Kier molecular flexibility index (Phi) is 14.8. The number of esters is 2. The minimum absolute atomic E-state index is 0.0650. The van der Waals surface area contributed by atoms with Crippen LogP contribution in [0, 0.1) is 11.8 Å². The third kappa shape index (κ3) is 13.4. The Morgan fingerprint density at radius 2 is 1.21 bits per heavy atom. The van der Waals surface area contributed by atoms with E-state index in [-0.39, 0.29) is 11.9 Å². The first-order valence-electron chi connectivity index (χ1n) is 9.82. The largest absolute Gasteiger partial charge is 0.466 e. The number of unbranched alkanes of at least 4 members (excludes halogenated alkanes) is 5. The van der Waals surface area contributed by atoms with Gasteiger partial charge < -0.3 is 9.47 Å². The van der Waals surface area contributed by atoms with Crippen LogP contribution in [0.25, 0.3) is 0 Å². The number of rotatable bonds is 15. The Bertz CT molecular complexity index is 326. The highest BCUT2D eigenvalue weighted by Crippen LogP contribution is 2.24. The summed E-state index contributed by atoms with van der Waals surface area (Å²) < 4.78 is 9.93. The van der Waals surface area contributed by atoms with Gasteiger partial charge in [-0.2, -0.15) is 0 Å². The number of carbonyl (C=O) groups excluding carboxylic acids is 2. The molecule has 0 saturated heterocycles. The molecule has 0 aromatic rings. The zero-order valence-electron chi connectivity index (χ0n) is 16.3. The Morgan fingerprint density at radius 3 is 1.75 bits per heavy atom. The lowest BCUT2D eigenvalue weighted by atomic mass is 9.86. The first-order chi connectivity index (χ1) is 11.5. The zero-order chi connectivity index (χ0) is 18.2. The summed E-state index contributed by atoms with van der Waals surface area (Å²) in [4.78, 5) is 22.7. The average molecular weight is 343 g/mol. The van der Waals surface area contributed by atoms with Gasteiger partial charge in [-0.3, -0.25) is 9.59 Å². The first-order valence-corrected chi connectivity index (χ1v) is 9.82. The predicted molar refractivity (Wildman–Crippen MR) is 97.8 cm³/mol. The van der Waals surface area contributed by atoms with Gasteiger partial charge in [0, 0.05) is 12.8 Å². The van der Waals surface area contributed by atoms with Crippen molar-refractivity contribution in [2.75, 3.05) is 13.2 Å². The van der Waals surface area contributed by atoms with Crippen LogP contribution in [0.2, 0.25) is 0 Å². The summed E-state index contributed by atoms with van der Waals surface area (Å²) in [5.41, 5.74) is 0. The topological polar surface area (TPSA) is 52.6 Å². The molecule has 142 valence electrons. The van der Waals surface area contributed by atoms with Gasteiger partial charge in [-0.1, -0.05) is 52.4 Å². The molecule has 0 aromatic heterocycles. The molecule has 0 aliphatic rings. The van der Waals surface area contributed by atoms with E-state index in [0.29, 0.717) is 37.9 Å². The van der Waals surface area contributed by atoms with Crippen LogP contribution < -0.4 is 0 Å². The van der Waals surface area contributed by atoms with Crippen molar-refractivity contribution < 1.29 is 19.1 Å². The monoisotopic (exact) mass is 342 g/mol. The molecule has 0 radical (unpaired) electrons. The minimum Gasteiger partial charge on any atom is -0.466 e. The lowest BCUT2D eigenvalue weighted by Gasteiger charge is -2.20. The van der Waals surface area contributed by atoms with Gasteiger partial charge in [0.1, 0.15) is 0 Å². The molecule has 0 aliphatic carbocycles. The van der Waals surface area contributed by atoms with Crippen molar-refractivity contribution in [1.82, 2.24) is 0 Å². The smallest absolute Gasteiger partial charge is 0.305 e. The Morgan fingerprint density at radius 1 is 0.708 bits per heavy atom. The molecule has 1 unspecified atom stereocenters. The molecule has 0 bridgehead atoms. The van der Waals surface area contributed by atoms with Gasteiger partial charge >= 0.3 is 11.9 Å². The number of hydrogen-bond donors (Lipinski definition) is 0. The SMILES string of the molecule is CCOC(=O)CCCCCCCCC(CCC(=O)OCC)C(C)C. The van der Waals surface area contributed by atoms with Crippen LogP contribution in [0.5, 0.6) is 0 Å². The maximum atomic E-state index is 11.5. The van der Waals surface area contributed by atoms with Crippen molar-refractivity contribution in [2.45, 2.75) is 91.9 Å². The summed E-state index contributed by atoms with van der Waals surface area (Å²) >= 11 is 0. The maximum absolute atomic E-state index is 11.5. The number of hydrogen-bond acceptors (Lipinski definition) is 4. The number of carbonyl (C=O) groups is 2. The molecule has 0 amide bonds. The summed E-state index contributed by atoms with van der Waals surface area (Å²) in [7, 11) is 0. The molecule has 0 aromatic carbocycles. The second-order valence-electron chi connectivity index (χ2n) is 6.81. The molecule has 0 N–H and O–H groups in total. The summed E-state index contributed by atoms with van der Waals surface area (Å²) in [6, 6.07) is 0. The van der Waals surface area contributed by atoms with Crippen LogP contribution in [-0.4, -0.2) is 25.2 Å². The van der Waals surface area contributed by atoms with Crippen LogP contribution in [0.4, 0.5) is 0 Å². The molecule has 0 fully saturated rings. The van der Waals surface area contributed by atoms with Crippen molar-refractivity contribution in [3.63, 3.8) is 0 Å². The van der Waals surface area contributed by atoms with Gasteiger partial charge in [-0.25, -0.2) is 0 Å². The van der Waals surface area contributed by atoms with Crippen molar-refractivity contribution >= 4 is 11.9 Å². The fourth-order valence-electron chi connectivity index (χ4n) is 2.96. The lowest BCUT2D eigenvalue weighted by Crippen LogP contribution is -2.12. The fourth-order valence-corrected chi connectivity index (χ4v) is 2.96. The molecule has 0 rings (SSSR count). The molecule has 24 heavy (non-hydrogen) atoms. The van der Waals surface area contributed by atoms with Gasteiger partial charge in [-0.05, 0) is 38.5 Å². The van der Waals surface area contributed by atoms with E-state index in [9.17, 15) is 9.59 Å². The Hall–Kier alpha value is -1.06. The fraction of sp³-hybridized carbons (Fsp3) is 0.900. The third-order valence-electron chi connectivity index (χ3n) is 4.48. The molecule has 0 spiro atoms. The van der Waals surface area contributed by atoms with Crippen molar-refractivity contribution in [3.8, 4) is 0 Å². The standard InChI is InChI=1S/C20H38O4/c1-5-23-19(21)14-12-10-8-7-9-11-13-18(17(3)4)15-16-20(22)24-6-2/h17-18H,5-16H2,1-4H3. The van der Waals surface area contributed by atoms with Crippen LogP contribution in [0.3, 0.4) is 0 Å². The highest BCUT2D eigenvalue weighted by atomic mass is 16.5. The van der Waals surface area contributed by atoms with Gasteiger partial charge in [0.25, 0.3) is 0 Å². The zero-order valence-corrected chi connectivity index (χ0v) is 16.3. The van der Waals surface area contributed by atoms with E-state index in [1.54, 1.807) is 0 Å². The van der Waals surface area contributed by atoms with Gasteiger partial charge in [-0.15, -0.1) is 0 Å². The van der Waals surface area contributed by atoms with Crippen LogP contribution in [-0.2, 0) is 19.1 Å². The highest BCUT2D eigenvalue weighted by molar-refractivity contribution is 5.69. The normalized spacial score (nSPS) is 12.2. The average Bonchev–Trinajstić information content (AvgIpc) is 2.52. The summed E-state index contributed by atoms with van der Waals surface area (Å²) in [5.74, 6) is 1.09. The molecule has 0 heterocycles. The lowest BCUT2D eigenvalue weighted by molar-refractivity contribution is -0.144. The molecular weight excluding hydrogens is 304 g/mol. The second kappa shape index (κ2) is 15.5. The van der Waals surface area contributed by atoms with Crippen LogP contribution in [0.1, 0.15) is 91.9 Å². The van der Waals surface area contributed by atoms with E-state index in [4.69, 9.17) is 9.47 Å². The minimum atomic E-state index is -0.0705. The van der Waals surface area contributed by atoms with E-state index in [2.05, 4.69) is 13.8 Å². The second-order valence-corrected chi connectivity index (χ2v) is 6.81. The Labute approximate surface area is 148 Å². The molecule has 4 heteroatoms. The van der Waals surface area contributed by atoms with E-state index in [1.807, 2.05) is 13.8 Å². The maximum Gasteiger partial charge on any atom is 0.305 e. The van der Waals surface area contributed by atoms with Crippen molar-refractivity contribution in [2.24, 2.45) is 11.8 Å². The van der Waals surface area contributed by atoms with Crippen LogP contribution in [0.15, 0.2) is 0 Å². The highest BCUT2D eigenvalue weighted by Gasteiger charge is 2.15. The third-order valence-corrected chi connectivity index (χ3v) is 4.48. The van der Waals surface area contributed by atoms with Gasteiger partial charge in [0.05, 0.1) is 13.2 Å². The summed E-state index contributed by atoms with van der Waals surface area (Å²) in [6.07, 6.45) is 10.2. The molecular formula is C20H38O4. The summed E-state index contributed by atoms with van der Waals surface area (Å²) in [6.45, 7) is 9.13. The van der Waals surface area contributed by atoms with Crippen molar-refractivity contribution in [1.29, 1.82) is 0 Å².